The van der Waals surface area contributed by atoms with Gasteiger partial charge < -0.3 is 24.1 Å². The highest BCUT2D eigenvalue weighted by Crippen LogP contribution is 2.30. The summed E-state index contributed by atoms with van der Waals surface area (Å²) in [5.41, 5.74) is 2.47. The van der Waals surface area contributed by atoms with Crippen LogP contribution in [0.2, 0.25) is 25.7 Å². The minimum absolute atomic E-state index is 0.0370. The Hall–Kier alpha value is -1.44. The average Bonchev–Trinajstić information content (AvgIpc) is 2.88. The first-order valence-corrected chi connectivity index (χ1v) is 18.5. The number of aliphatic hydroxyl groups is 1. The fourth-order valence-corrected chi connectivity index (χ4v) is 5.75. The van der Waals surface area contributed by atoms with Gasteiger partial charge in [-0.3, -0.25) is 0 Å². The van der Waals surface area contributed by atoms with Gasteiger partial charge in [-0.1, -0.05) is 96.6 Å². The first-order valence-electron chi connectivity index (χ1n) is 14.8. The molecular weight excluding hydrogens is 504 g/mol. The van der Waals surface area contributed by atoms with E-state index in [1.807, 2.05) is 18.2 Å². The van der Waals surface area contributed by atoms with Crippen molar-refractivity contribution in [1.82, 2.24) is 0 Å². The molecule has 1 aromatic rings. The maximum absolute atomic E-state index is 9.11. The normalized spacial score (nSPS) is 17.6. The molecule has 0 aliphatic rings. The highest BCUT2D eigenvalue weighted by atomic mass is 28.3. The van der Waals surface area contributed by atoms with Crippen LogP contribution in [0.15, 0.2) is 48.1 Å². The molecule has 5 nitrogen and oxygen atoms in total. The van der Waals surface area contributed by atoms with Gasteiger partial charge >= 0.3 is 0 Å². The van der Waals surface area contributed by atoms with E-state index in [0.717, 1.165) is 36.8 Å². The van der Waals surface area contributed by atoms with Crippen LogP contribution in [0.25, 0.3) is 0 Å². The van der Waals surface area contributed by atoms with E-state index in [4.69, 9.17) is 24.1 Å². The standard InChI is InChI=1S/C33H58O5Si/c1-11-27(4)32(37-23-30-14-16-31(35-7)17-15-30)29(6)33(38-24-36-19-20-39(8,9)10)28(5)22-26(3)21-25(2)13-12-18-34/h12-17,22,25,27-29,32-34H,11,18-21,23-24H2,1-10H3/b13-12+,26-22+/t25-,27-,28-,29+,32-,33-/m1/s1. The van der Waals surface area contributed by atoms with Crippen molar-refractivity contribution in [3.8, 4) is 5.75 Å². The predicted octanol–water partition coefficient (Wildman–Crippen LogP) is 8.12. The van der Waals surface area contributed by atoms with Crippen molar-refractivity contribution in [3.05, 3.63) is 53.6 Å². The van der Waals surface area contributed by atoms with Crippen LogP contribution in [0, 0.1) is 23.7 Å². The third-order valence-electron chi connectivity index (χ3n) is 7.46. The molecule has 0 fully saturated rings. The second-order valence-electron chi connectivity index (χ2n) is 12.5. The van der Waals surface area contributed by atoms with Crippen LogP contribution < -0.4 is 4.74 Å². The molecule has 0 aromatic heterocycles. The molecule has 1 aromatic carbocycles. The summed E-state index contributed by atoms with van der Waals surface area (Å²) < 4.78 is 24.4. The quantitative estimate of drug-likeness (QED) is 0.0753. The third kappa shape index (κ3) is 14.7. The van der Waals surface area contributed by atoms with Gasteiger partial charge in [0.25, 0.3) is 0 Å². The lowest BCUT2D eigenvalue weighted by molar-refractivity contribution is -0.144. The fraction of sp³-hybridized carbons (Fsp3) is 0.697. The molecule has 0 radical (unpaired) electrons. The van der Waals surface area contributed by atoms with Crippen molar-refractivity contribution in [2.24, 2.45) is 23.7 Å². The van der Waals surface area contributed by atoms with Crippen LogP contribution in [-0.4, -0.2) is 52.5 Å². The highest BCUT2D eigenvalue weighted by molar-refractivity contribution is 6.76. The molecule has 6 heteroatoms. The van der Waals surface area contributed by atoms with E-state index in [2.05, 4.69) is 85.5 Å². The number of methoxy groups -OCH3 is 1. The summed E-state index contributed by atoms with van der Waals surface area (Å²) in [6.07, 6.45) is 8.26. The summed E-state index contributed by atoms with van der Waals surface area (Å²) in [4.78, 5) is 0. The molecule has 6 atom stereocenters. The van der Waals surface area contributed by atoms with Crippen molar-refractivity contribution < 1.29 is 24.1 Å². The molecular formula is C33H58O5Si. The number of hydrogen-bond donors (Lipinski definition) is 1. The first-order chi connectivity index (χ1) is 18.4. The zero-order valence-electron chi connectivity index (χ0n) is 26.5. The lowest BCUT2D eigenvalue weighted by Crippen LogP contribution is -2.41. The number of benzene rings is 1. The molecule has 0 heterocycles. The van der Waals surface area contributed by atoms with E-state index in [0.29, 0.717) is 25.2 Å². The summed E-state index contributed by atoms with van der Waals surface area (Å²) in [5.74, 6) is 1.99. The van der Waals surface area contributed by atoms with Gasteiger partial charge in [-0.25, -0.2) is 0 Å². The van der Waals surface area contributed by atoms with Crippen LogP contribution in [0.4, 0.5) is 0 Å². The summed E-state index contributed by atoms with van der Waals surface area (Å²) in [5, 5.41) is 9.11. The van der Waals surface area contributed by atoms with Gasteiger partial charge in [0, 0.05) is 26.5 Å². The molecule has 39 heavy (non-hydrogen) atoms. The molecule has 0 amide bonds. The van der Waals surface area contributed by atoms with E-state index in [1.54, 1.807) is 7.11 Å². The number of hydrogen-bond acceptors (Lipinski definition) is 5. The van der Waals surface area contributed by atoms with Crippen molar-refractivity contribution in [3.63, 3.8) is 0 Å². The molecule has 1 rings (SSSR count). The van der Waals surface area contributed by atoms with Gasteiger partial charge in [0.2, 0.25) is 0 Å². The minimum atomic E-state index is -1.15. The molecule has 0 bridgehead atoms. The lowest BCUT2D eigenvalue weighted by atomic mass is 9.82. The summed E-state index contributed by atoms with van der Waals surface area (Å²) >= 11 is 0. The van der Waals surface area contributed by atoms with Gasteiger partial charge in [0.1, 0.15) is 12.5 Å². The molecule has 0 spiro atoms. The summed E-state index contributed by atoms with van der Waals surface area (Å²) in [7, 11) is 0.534. The van der Waals surface area contributed by atoms with E-state index < -0.39 is 8.07 Å². The van der Waals surface area contributed by atoms with Crippen molar-refractivity contribution >= 4 is 8.07 Å². The van der Waals surface area contributed by atoms with Crippen molar-refractivity contribution in [1.29, 1.82) is 0 Å². The van der Waals surface area contributed by atoms with Gasteiger partial charge in [-0.05, 0) is 48.9 Å². The smallest absolute Gasteiger partial charge is 0.147 e. The molecule has 0 aliphatic heterocycles. The van der Waals surface area contributed by atoms with Crippen LogP contribution in [0.5, 0.6) is 5.75 Å². The zero-order valence-corrected chi connectivity index (χ0v) is 27.5. The predicted molar refractivity (Wildman–Crippen MR) is 167 cm³/mol. The number of ether oxygens (including phenoxy) is 4. The van der Waals surface area contributed by atoms with Crippen LogP contribution >= 0.6 is 0 Å². The SMILES string of the molecule is CC[C@@H](C)[C@@H](OCc1ccc(OC)cc1)[C@H](C)[C@H](OCOCC[Si](C)(C)C)[C@H](C)/C=C(\C)C[C@H](C)/C=C/CO. The van der Waals surface area contributed by atoms with Crippen LogP contribution in [0.1, 0.15) is 59.9 Å². The van der Waals surface area contributed by atoms with E-state index in [1.165, 1.54) is 5.57 Å². The lowest BCUT2D eigenvalue weighted by Gasteiger charge is -2.36. The Morgan fingerprint density at radius 3 is 2.23 bits per heavy atom. The summed E-state index contributed by atoms with van der Waals surface area (Å²) in [6, 6.07) is 9.23. The van der Waals surface area contributed by atoms with E-state index in [-0.39, 0.29) is 30.7 Å². The molecule has 0 unspecified atom stereocenters. The van der Waals surface area contributed by atoms with Gasteiger partial charge in [-0.15, -0.1) is 0 Å². The largest absolute Gasteiger partial charge is 0.497 e. The number of allylic oxidation sites excluding steroid dienone is 2. The maximum Gasteiger partial charge on any atom is 0.147 e. The second-order valence-corrected chi connectivity index (χ2v) is 18.1. The van der Waals surface area contributed by atoms with E-state index >= 15 is 0 Å². The molecule has 0 aliphatic carbocycles. The fourth-order valence-electron chi connectivity index (χ4n) is 4.99. The third-order valence-corrected chi connectivity index (χ3v) is 9.17. The second kappa shape index (κ2) is 18.8. The average molecular weight is 563 g/mol. The summed E-state index contributed by atoms with van der Waals surface area (Å²) in [6.45, 7) is 22.2. The van der Waals surface area contributed by atoms with E-state index in [9.17, 15) is 0 Å². The molecule has 1 N–H and O–H groups in total. The van der Waals surface area contributed by atoms with Gasteiger partial charge in [0.05, 0.1) is 32.5 Å². The maximum atomic E-state index is 9.11. The molecule has 0 saturated carbocycles. The topological polar surface area (TPSA) is 57.2 Å². The Morgan fingerprint density at radius 2 is 1.67 bits per heavy atom. The molecule has 0 saturated heterocycles. The monoisotopic (exact) mass is 562 g/mol. The van der Waals surface area contributed by atoms with Crippen molar-refractivity contribution in [2.45, 2.75) is 98.9 Å². The Labute approximate surface area is 241 Å². The first kappa shape index (κ1) is 35.6. The Morgan fingerprint density at radius 1 is 1.00 bits per heavy atom. The minimum Gasteiger partial charge on any atom is -0.497 e. The Balaban J connectivity index is 3.06. The Kier molecular flexibility index (Phi) is 17.2. The Bertz CT molecular complexity index is 829. The van der Waals surface area contributed by atoms with Crippen LogP contribution in [0.3, 0.4) is 0 Å². The van der Waals surface area contributed by atoms with Crippen LogP contribution in [-0.2, 0) is 20.8 Å². The molecule has 224 valence electrons. The zero-order chi connectivity index (χ0) is 29.4. The van der Waals surface area contributed by atoms with Crippen molar-refractivity contribution in [2.75, 3.05) is 27.1 Å². The highest BCUT2D eigenvalue weighted by Gasteiger charge is 2.33. The number of rotatable bonds is 20. The number of aliphatic hydroxyl groups excluding tert-OH is 1. The van der Waals surface area contributed by atoms with Gasteiger partial charge in [0.15, 0.2) is 0 Å². The van der Waals surface area contributed by atoms with Gasteiger partial charge in [-0.2, -0.15) is 0 Å².